The predicted octanol–water partition coefficient (Wildman–Crippen LogP) is 2.75. The molecule has 3 rings (SSSR count). The van der Waals surface area contributed by atoms with Crippen LogP contribution < -0.4 is 10.1 Å². The number of fused-ring (bicyclic) bond motifs is 1. The average Bonchev–Trinajstić information content (AvgIpc) is 3.31. The lowest BCUT2D eigenvalue weighted by atomic mass is 10.1. The van der Waals surface area contributed by atoms with Gasteiger partial charge in [0.05, 0.1) is 7.11 Å². The van der Waals surface area contributed by atoms with E-state index in [1.54, 1.807) is 7.11 Å². The minimum atomic E-state index is 0.803. The summed E-state index contributed by atoms with van der Waals surface area (Å²) in [5.74, 6) is 1.80. The van der Waals surface area contributed by atoms with Crippen LogP contribution in [0.2, 0.25) is 0 Å². The fourth-order valence-corrected chi connectivity index (χ4v) is 2.46. The molecule has 1 aromatic carbocycles. The summed E-state index contributed by atoms with van der Waals surface area (Å²) in [5, 5.41) is 5.74. The quantitative estimate of drug-likeness (QED) is 0.876. The Morgan fingerprint density at radius 3 is 2.95 bits per heavy atom. The molecule has 1 N–H and O–H groups in total. The normalized spacial score (nSPS) is 14.8. The molecule has 0 aliphatic heterocycles. The second kappa shape index (κ2) is 5.67. The van der Waals surface area contributed by atoms with Crippen LogP contribution >= 0.6 is 0 Å². The summed E-state index contributed by atoms with van der Waals surface area (Å²) in [7, 11) is 3.88. The summed E-state index contributed by atoms with van der Waals surface area (Å²) in [6.07, 6.45) is 4.54. The summed E-state index contributed by atoms with van der Waals surface area (Å²) >= 11 is 0. The number of nitrogens with zero attached hydrogens (tertiary/aromatic N) is 2. The molecule has 4 heteroatoms. The van der Waals surface area contributed by atoms with E-state index >= 15 is 0 Å². The zero-order valence-electron chi connectivity index (χ0n) is 12.1. The minimum Gasteiger partial charge on any atom is -0.497 e. The van der Waals surface area contributed by atoms with Gasteiger partial charge < -0.3 is 15.0 Å². The molecule has 20 heavy (non-hydrogen) atoms. The van der Waals surface area contributed by atoms with Gasteiger partial charge in [0, 0.05) is 30.7 Å². The highest BCUT2D eigenvalue weighted by Crippen LogP contribution is 2.26. The summed E-state index contributed by atoms with van der Waals surface area (Å²) in [4.78, 5) is 6.87. The molecular formula is C16H21N3O. The fraction of sp³-hybridized carbons (Fsp3) is 0.438. The van der Waals surface area contributed by atoms with E-state index in [2.05, 4.69) is 28.3 Å². The molecule has 0 unspecified atom stereocenters. The lowest BCUT2D eigenvalue weighted by Crippen LogP contribution is -2.27. The van der Waals surface area contributed by atoms with Crippen molar-refractivity contribution in [1.82, 2.24) is 9.88 Å². The van der Waals surface area contributed by atoms with Crippen molar-refractivity contribution in [2.45, 2.75) is 18.9 Å². The standard InChI is InChI=1S/C16H21N3O/c1-19(13-4-5-13)10-9-18-16-15-11-14(20-2)6-3-12(15)7-8-17-16/h3,6-8,11,13H,4-5,9-10H2,1-2H3,(H,17,18). The van der Waals surface area contributed by atoms with E-state index in [9.17, 15) is 0 Å². The maximum absolute atomic E-state index is 5.30. The number of rotatable bonds is 6. The zero-order chi connectivity index (χ0) is 13.9. The molecule has 1 saturated carbocycles. The third-order valence-corrected chi connectivity index (χ3v) is 3.90. The first-order chi connectivity index (χ1) is 9.78. The molecule has 0 spiro atoms. The number of methoxy groups -OCH3 is 1. The van der Waals surface area contributed by atoms with Gasteiger partial charge in [-0.05, 0) is 43.5 Å². The van der Waals surface area contributed by atoms with Crippen molar-refractivity contribution >= 4 is 16.6 Å². The summed E-state index contributed by atoms with van der Waals surface area (Å²) < 4.78 is 5.30. The molecular weight excluding hydrogens is 250 g/mol. The highest BCUT2D eigenvalue weighted by Gasteiger charge is 2.25. The van der Waals surface area contributed by atoms with Gasteiger partial charge in [0.2, 0.25) is 0 Å². The molecule has 0 saturated heterocycles. The fourth-order valence-electron chi connectivity index (χ4n) is 2.46. The van der Waals surface area contributed by atoms with Crippen molar-refractivity contribution in [2.75, 3.05) is 32.6 Å². The summed E-state index contributed by atoms with van der Waals surface area (Å²) in [6.45, 7) is 1.96. The number of anilines is 1. The molecule has 2 aromatic rings. The highest BCUT2D eigenvalue weighted by molar-refractivity contribution is 5.92. The van der Waals surface area contributed by atoms with Crippen LogP contribution in [-0.4, -0.2) is 43.2 Å². The van der Waals surface area contributed by atoms with Gasteiger partial charge in [0.15, 0.2) is 0 Å². The smallest absolute Gasteiger partial charge is 0.133 e. The molecule has 1 heterocycles. The van der Waals surface area contributed by atoms with Crippen LogP contribution in [0.5, 0.6) is 5.75 Å². The van der Waals surface area contributed by atoms with E-state index < -0.39 is 0 Å². The van der Waals surface area contributed by atoms with E-state index in [4.69, 9.17) is 4.74 Å². The Morgan fingerprint density at radius 2 is 2.20 bits per heavy atom. The molecule has 0 bridgehead atoms. The molecule has 106 valence electrons. The third-order valence-electron chi connectivity index (χ3n) is 3.90. The van der Waals surface area contributed by atoms with Crippen LogP contribution in [0.15, 0.2) is 30.5 Å². The molecule has 1 fully saturated rings. The van der Waals surface area contributed by atoms with Crippen LogP contribution in [0.4, 0.5) is 5.82 Å². The number of hydrogen-bond acceptors (Lipinski definition) is 4. The number of hydrogen-bond donors (Lipinski definition) is 1. The Balaban J connectivity index is 1.72. The van der Waals surface area contributed by atoms with Gasteiger partial charge in [-0.15, -0.1) is 0 Å². The maximum atomic E-state index is 5.30. The van der Waals surface area contributed by atoms with E-state index in [1.807, 2.05) is 24.4 Å². The lowest BCUT2D eigenvalue weighted by Gasteiger charge is -2.16. The van der Waals surface area contributed by atoms with Gasteiger partial charge in [-0.25, -0.2) is 4.98 Å². The molecule has 1 aromatic heterocycles. The third kappa shape index (κ3) is 2.85. The molecule has 1 aliphatic carbocycles. The molecule has 0 amide bonds. The van der Waals surface area contributed by atoms with Crippen molar-refractivity contribution in [3.8, 4) is 5.75 Å². The van der Waals surface area contributed by atoms with E-state index in [0.29, 0.717) is 0 Å². The van der Waals surface area contributed by atoms with Gasteiger partial charge in [-0.2, -0.15) is 0 Å². The highest BCUT2D eigenvalue weighted by atomic mass is 16.5. The second-order valence-electron chi connectivity index (χ2n) is 5.39. The maximum Gasteiger partial charge on any atom is 0.133 e. The van der Waals surface area contributed by atoms with Crippen LogP contribution in [0, 0.1) is 0 Å². The number of aromatic nitrogens is 1. The summed E-state index contributed by atoms with van der Waals surface area (Å²) in [6, 6.07) is 8.91. The van der Waals surface area contributed by atoms with Crippen LogP contribution in [-0.2, 0) is 0 Å². The average molecular weight is 271 g/mol. The molecule has 1 aliphatic rings. The SMILES string of the molecule is COc1ccc2ccnc(NCCN(C)C3CC3)c2c1. The number of ether oxygens (including phenoxy) is 1. The van der Waals surface area contributed by atoms with Crippen molar-refractivity contribution in [2.24, 2.45) is 0 Å². The number of benzene rings is 1. The van der Waals surface area contributed by atoms with Crippen LogP contribution in [0.3, 0.4) is 0 Å². The monoisotopic (exact) mass is 271 g/mol. The van der Waals surface area contributed by atoms with Crippen LogP contribution in [0.25, 0.3) is 10.8 Å². The van der Waals surface area contributed by atoms with E-state index in [1.165, 1.54) is 18.2 Å². The largest absolute Gasteiger partial charge is 0.497 e. The van der Waals surface area contributed by atoms with Gasteiger partial charge in [0.1, 0.15) is 11.6 Å². The Bertz CT molecular complexity index is 595. The molecule has 0 atom stereocenters. The Labute approximate surface area is 119 Å². The molecule has 4 nitrogen and oxygen atoms in total. The zero-order valence-corrected chi connectivity index (χ0v) is 12.1. The molecule has 0 radical (unpaired) electrons. The van der Waals surface area contributed by atoms with Crippen molar-refractivity contribution < 1.29 is 4.74 Å². The van der Waals surface area contributed by atoms with E-state index in [-0.39, 0.29) is 0 Å². The first-order valence-corrected chi connectivity index (χ1v) is 7.15. The lowest BCUT2D eigenvalue weighted by molar-refractivity contribution is 0.337. The number of pyridine rings is 1. The first-order valence-electron chi connectivity index (χ1n) is 7.15. The Hall–Kier alpha value is -1.81. The van der Waals surface area contributed by atoms with E-state index in [0.717, 1.165) is 36.1 Å². The van der Waals surface area contributed by atoms with Gasteiger partial charge in [0.25, 0.3) is 0 Å². The number of nitrogens with one attached hydrogen (secondary N) is 1. The van der Waals surface area contributed by atoms with Crippen molar-refractivity contribution in [3.05, 3.63) is 30.5 Å². The first kappa shape index (κ1) is 13.2. The number of likely N-dealkylation sites (N-methyl/N-ethyl adjacent to an activating group) is 1. The van der Waals surface area contributed by atoms with Gasteiger partial charge in [-0.1, -0.05) is 6.07 Å². The second-order valence-corrected chi connectivity index (χ2v) is 5.39. The van der Waals surface area contributed by atoms with Crippen molar-refractivity contribution in [1.29, 1.82) is 0 Å². The van der Waals surface area contributed by atoms with Crippen molar-refractivity contribution in [3.63, 3.8) is 0 Å². The summed E-state index contributed by atoms with van der Waals surface area (Å²) in [5.41, 5.74) is 0. The topological polar surface area (TPSA) is 37.4 Å². The van der Waals surface area contributed by atoms with Gasteiger partial charge >= 0.3 is 0 Å². The Kier molecular flexibility index (Phi) is 3.74. The minimum absolute atomic E-state index is 0.803. The van der Waals surface area contributed by atoms with Crippen LogP contribution in [0.1, 0.15) is 12.8 Å². The predicted molar refractivity (Wildman–Crippen MR) is 82.4 cm³/mol. The van der Waals surface area contributed by atoms with Gasteiger partial charge in [-0.3, -0.25) is 0 Å². The Morgan fingerprint density at radius 1 is 1.35 bits per heavy atom.